The zero-order chi connectivity index (χ0) is 17.0. The van der Waals surface area contributed by atoms with Crippen molar-refractivity contribution in [2.75, 3.05) is 46.4 Å². The molecule has 1 unspecified atom stereocenters. The summed E-state index contributed by atoms with van der Waals surface area (Å²) in [6, 6.07) is 4.38. The van der Waals surface area contributed by atoms with Gasteiger partial charge in [-0.3, -0.25) is 9.89 Å². The van der Waals surface area contributed by atoms with Crippen molar-refractivity contribution in [2.24, 2.45) is 10.9 Å². The largest absolute Gasteiger partial charge is 0.382 e. The number of hydrogen-bond donors (Lipinski definition) is 2. The predicted molar refractivity (Wildman–Crippen MR) is 118 cm³/mol. The summed E-state index contributed by atoms with van der Waals surface area (Å²) in [5.74, 6) is 1.60. The zero-order valence-electron chi connectivity index (χ0n) is 15.5. The molecule has 1 aromatic rings. The predicted octanol–water partition coefficient (Wildman–Crippen LogP) is 3.17. The Labute approximate surface area is 173 Å². The second-order valence-corrected chi connectivity index (χ2v) is 7.29. The van der Waals surface area contributed by atoms with E-state index in [4.69, 9.17) is 4.74 Å². The number of aliphatic imine (C=N–C) groups is 1. The van der Waals surface area contributed by atoms with Crippen molar-refractivity contribution >= 4 is 41.3 Å². The van der Waals surface area contributed by atoms with E-state index >= 15 is 0 Å². The minimum absolute atomic E-state index is 0. The van der Waals surface area contributed by atoms with Gasteiger partial charge in [-0.05, 0) is 50.1 Å². The summed E-state index contributed by atoms with van der Waals surface area (Å²) in [4.78, 5) is 8.36. The fourth-order valence-electron chi connectivity index (χ4n) is 3.07. The summed E-state index contributed by atoms with van der Waals surface area (Å²) >= 11 is 1.86. The Bertz CT molecular complexity index is 470. The number of ether oxygens (including phenoxy) is 1. The number of likely N-dealkylation sites (tertiary alicyclic amines) is 1. The van der Waals surface area contributed by atoms with Crippen molar-refractivity contribution in [3.8, 4) is 0 Å². The van der Waals surface area contributed by atoms with E-state index in [2.05, 4.69) is 38.0 Å². The van der Waals surface area contributed by atoms with E-state index in [1.54, 1.807) is 0 Å². The third kappa shape index (κ3) is 9.21. The minimum atomic E-state index is 0. The van der Waals surface area contributed by atoms with Crippen LogP contribution in [-0.2, 0) is 11.3 Å². The topological polar surface area (TPSA) is 48.9 Å². The number of rotatable bonds is 9. The van der Waals surface area contributed by atoms with Crippen molar-refractivity contribution in [3.63, 3.8) is 0 Å². The molecule has 1 aromatic heterocycles. The Kier molecular flexibility index (Phi) is 12.5. The summed E-state index contributed by atoms with van der Waals surface area (Å²) in [5, 5.41) is 9.01. The van der Waals surface area contributed by atoms with Crippen molar-refractivity contribution < 1.29 is 4.74 Å². The number of piperidine rings is 1. The number of guanidine groups is 1. The van der Waals surface area contributed by atoms with Crippen LogP contribution in [0, 0.1) is 5.92 Å². The zero-order valence-corrected chi connectivity index (χ0v) is 18.6. The molecule has 0 spiro atoms. The van der Waals surface area contributed by atoms with Crippen LogP contribution in [0.4, 0.5) is 0 Å². The van der Waals surface area contributed by atoms with Crippen LogP contribution in [0.2, 0.25) is 0 Å². The van der Waals surface area contributed by atoms with E-state index in [0.717, 1.165) is 45.2 Å². The molecule has 1 saturated heterocycles. The van der Waals surface area contributed by atoms with E-state index in [0.29, 0.717) is 5.92 Å². The smallest absolute Gasteiger partial charge is 0.190 e. The van der Waals surface area contributed by atoms with Gasteiger partial charge in [-0.1, -0.05) is 6.07 Å². The Morgan fingerprint density at radius 2 is 2.32 bits per heavy atom. The van der Waals surface area contributed by atoms with Gasteiger partial charge >= 0.3 is 0 Å². The summed E-state index contributed by atoms with van der Waals surface area (Å²) in [6.07, 6.45) is 3.60. The van der Waals surface area contributed by atoms with Gasteiger partial charge in [0.15, 0.2) is 5.96 Å². The number of hydrogen-bond acceptors (Lipinski definition) is 4. The van der Waals surface area contributed by atoms with E-state index in [1.165, 1.54) is 30.8 Å². The third-order valence-electron chi connectivity index (χ3n) is 4.31. The molecule has 5 nitrogen and oxygen atoms in total. The fourth-order valence-corrected chi connectivity index (χ4v) is 3.82. The molecular formula is C18H33IN4OS. The summed E-state index contributed by atoms with van der Waals surface area (Å²) in [7, 11) is 1.84. The van der Waals surface area contributed by atoms with Crippen LogP contribution in [0.1, 0.15) is 31.1 Å². The minimum Gasteiger partial charge on any atom is -0.382 e. The molecule has 7 heteroatoms. The molecule has 0 aromatic carbocycles. The number of thiophene rings is 1. The van der Waals surface area contributed by atoms with E-state index < -0.39 is 0 Å². The molecular weight excluding hydrogens is 447 g/mol. The molecule has 0 saturated carbocycles. The highest BCUT2D eigenvalue weighted by Gasteiger charge is 2.20. The van der Waals surface area contributed by atoms with Crippen LogP contribution >= 0.6 is 35.3 Å². The molecule has 2 rings (SSSR count). The van der Waals surface area contributed by atoms with Gasteiger partial charge in [0.1, 0.15) is 0 Å². The molecule has 1 atom stereocenters. The van der Waals surface area contributed by atoms with Crippen LogP contribution in [0.3, 0.4) is 0 Å². The van der Waals surface area contributed by atoms with Crippen LogP contribution in [0.15, 0.2) is 22.5 Å². The monoisotopic (exact) mass is 480 g/mol. The Morgan fingerprint density at radius 1 is 1.44 bits per heavy atom. The van der Waals surface area contributed by atoms with Crippen molar-refractivity contribution in [3.05, 3.63) is 22.4 Å². The molecule has 1 aliphatic heterocycles. The lowest BCUT2D eigenvalue weighted by Crippen LogP contribution is -2.44. The summed E-state index contributed by atoms with van der Waals surface area (Å²) in [6.45, 7) is 9.00. The molecule has 25 heavy (non-hydrogen) atoms. The second-order valence-electron chi connectivity index (χ2n) is 6.25. The van der Waals surface area contributed by atoms with E-state index in [-0.39, 0.29) is 24.0 Å². The first-order valence-electron chi connectivity index (χ1n) is 9.08. The SMILES string of the molecule is CCOCCCNC(=NC)NCC1CCCN(Cc2cccs2)C1.I. The maximum absolute atomic E-state index is 5.35. The van der Waals surface area contributed by atoms with Gasteiger partial charge in [-0.25, -0.2) is 0 Å². The average molecular weight is 480 g/mol. The lowest BCUT2D eigenvalue weighted by molar-refractivity contribution is 0.145. The van der Waals surface area contributed by atoms with Crippen LogP contribution in [0.5, 0.6) is 0 Å². The Balaban J connectivity index is 0.00000312. The van der Waals surface area contributed by atoms with Gasteiger partial charge in [0.2, 0.25) is 0 Å². The van der Waals surface area contributed by atoms with Crippen molar-refractivity contribution in [1.82, 2.24) is 15.5 Å². The van der Waals surface area contributed by atoms with Gasteiger partial charge < -0.3 is 15.4 Å². The molecule has 1 aliphatic rings. The maximum Gasteiger partial charge on any atom is 0.190 e. The first-order valence-corrected chi connectivity index (χ1v) is 9.96. The van der Waals surface area contributed by atoms with Crippen LogP contribution in [0.25, 0.3) is 0 Å². The van der Waals surface area contributed by atoms with E-state index in [1.807, 2.05) is 25.3 Å². The summed E-state index contributed by atoms with van der Waals surface area (Å²) < 4.78 is 5.35. The van der Waals surface area contributed by atoms with Crippen LogP contribution < -0.4 is 10.6 Å². The molecule has 1 fully saturated rings. The molecule has 144 valence electrons. The fraction of sp³-hybridized carbons (Fsp3) is 0.722. The number of nitrogens with zero attached hydrogens (tertiary/aromatic N) is 2. The Hall–Kier alpha value is -0.380. The quantitative estimate of drug-likeness (QED) is 0.247. The standard InChI is InChI=1S/C18H32N4OS.HI/c1-3-23-11-6-9-20-18(19-2)21-13-16-7-4-10-22(14-16)15-17-8-5-12-24-17;/h5,8,12,16H,3-4,6-7,9-11,13-15H2,1-2H3,(H2,19,20,21);1H. The number of halogens is 1. The molecule has 0 aliphatic carbocycles. The van der Waals surface area contributed by atoms with Crippen molar-refractivity contribution in [1.29, 1.82) is 0 Å². The van der Waals surface area contributed by atoms with Gasteiger partial charge in [-0.2, -0.15) is 0 Å². The lowest BCUT2D eigenvalue weighted by Gasteiger charge is -2.32. The first-order chi connectivity index (χ1) is 11.8. The second kappa shape index (κ2) is 13.8. The Morgan fingerprint density at radius 3 is 3.04 bits per heavy atom. The third-order valence-corrected chi connectivity index (χ3v) is 5.17. The molecule has 2 N–H and O–H groups in total. The molecule has 0 amide bonds. The van der Waals surface area contributed by atoms with Crippen molar-refractivity contribution in [2.45, 2.75) is 32.7 Å². The highest BCUT2D eigenvalue weighted by Crippen LogP contribution is 2.19. The van der Waals surface area contributed by atoms with Gasteiger partial charge in [0.25, 0.3) is 0 Å². The maximum atomic E-state index is 5.35. The summed E-state index contributed by atoms with van der Waals surface area (Å²) in [5.41, 5.74) is 0. The lowest BCUT2D eigenvalue weighted by atomic mass is 9.98. The van der Waals surface area contributed by atoms with Gasteiger partial charge in [-0.15, -0.1) is 35.3 Å². The number of nitrogens with one attached hydrogen (secondary N) is 2. The van der Waals surface area contributed by atoms with Crippen LogP contribution in [-0.4, -0.2) is 57.3 Å². The molecule has 0 bridgehead atoms. The molecule has 2 heterocycles. The van der Waals surface area contributed by atoms with Gasteiger partial charge in [0, 0.05) is 51.3 Å². The van der Waals surface area contributed by atoms with E-state index in [9.17, 15) is 0 Å². The normalized spacial score (nSPS) is 18.6. The highest BCUT2D eigenvalue weighted by molar-refractivity contribution is 14.0. The average Bonchev–Trinajstić information content (AvgIpc) is 3.11. The molecule has 0 radical (unpaired) electrons. The highest BCUT2D eigenvalue weighted by atomic mass is 127. The first kappa shape index (κ1) is 22.7. The van der Waals surface area contributed by atoms with Gasteiger partial charge in [0.05, 0.1) is 0 Å².